The first-order chi connectivity index (χ1) is 14.8. The Morgan fingerprint density at radius 3 is 2.42 bits per heavy atom. The third-order valence-electron chi connectivity index (χ3n) is 5.22. The summed E-state index contributed by atoms with van der Waals surface area (Å²) in [5.41, 5.74) is 1.55. The van der Waals surface area contributed by atoms with Gasteiger partial charge in [-0.1, -0.05) is 12.1 Å². The zero-order chi connectivity index (χ0) is 22.3. The van der Waals surface area contributed by atoms with Gasteiger partial charge in [-0.05, 0) is 55.8 Å². The van der Waals surface area contributed by atoms with Crippen molar-refractivity contribution >= 4 is 33.9 Å². The fraction of sp³-hybridized carbons (Fsp3) is 0.174. The van der Waals surface area contributed by atoms with Gasteiger partial charge in [0.2, 0.25) is 0 Å². The third-order valence-corrected chi connectivity index (χ3v) is 6.29. The highest BCUT2D eigenvalue weighted by molar-refractivity contribution is 7.16. The molecule has 2 aromatic carbocycles. The number of thiazole rings is 1. The van der Waals surface area contributed by atoms with Gasteiger partial charge in [0.25, 0.3) is 5.78 Å². The van der Waals surface area contributed by atoms with Crippen molar-refractivity contribution in [3.63, 3.8) is 0 Å². The number of Topliss-reactive ketones (excluding diaryl/α,β-unsaturated/α-hetero) is 1. The number of benzene rings is 2. The van der Waals surface area contributed by atoms with Gasteiger partial charge in [-0.25, -0.2) is 4.98 Å². The van der Waals surface area contributed by atoms with E-state index in [1.54, 1.807) is 36.4 Å². The Labute approximate surface area is 182 Å². The van der Waals surface area contributed by atoms with Crippen LogP contribution in [-0.2, 0) is 9.59 Å². The molecule has 1 fully saturated rings. The molecule has 7 nitrogen and oxygen atoms in total. The number of hydrogen-bond donors (Lipinski definition) is 2. The van der Waals surface area contributed by atoms with Crippen LogP contribution in [0.3, 0.4) is 0 Å². The van der Waals surface area contributed by atoms with E-state index < -0.39 is 17.7 Å². The predicted molar refractivity (Wildman–Crippen MR) is 117 cm³/mol. The number of carbonyl (C=O) groups is 2. The van der Waals surface area contributed by atoms with Crippen molar-refractivity contribution in [1.29, 1.82) is 0 Å². The lowest BCUT2D eigenvalue weighted by Gasteiger charge is -2.23. The first-order valence-electron chi connectivity index (χ1n) is 9.50. The maximum Gasteiger partial charge on any atom is 0.301 e. The second kappa shape index (κ2) is 7.88. The lowest BCUT2D eigenvalue weighted by molar-refractivity contribution is -0.132. The molecule has 1 saturated heterocycles. The topological polar surface area (TPSA) is 100.0 Å². The van der Waals surface area contributed by atoms with Crippen molar-refractivity contribution in [2.75, 3.05) is 12.0 Å². The van der Waals surface area contributed by atoms with Crippen LogP contribution in [0.1, 0.15) is 27.7 Å². The van der Waals surface area contributed by atoms with Crippen molar-refractivity contribution in [3.8, 4) is 11.5 Å². The van der Waals surface area contributed by atoms with Gasteiger partial charge in [-0.15, -0.1) is 11.3 Å². The molecule has 0 radical (unpaired) electrons. The summed E-state index contributed by atoms with van der Waals surface area (Å²) in [4.78, 5) is 32.8. The summed E-state index contributed by atoms with van der Waals surface area (Å²) in [6, 6.07) is 11.9. The molecular weight excluding hydrogens is 416 g/mol. The number of aromatic nitrogens is 1. The van der Waals surface area contributed by atoms with Crippen molar-refractivity contribution in [2.45, 2.75) is 19.9 Å². The summed E-state index contributed by atoms with van der Waals surface area (Å²) in [6.45, 7) is 3.71. The van der Waals surface area contributed by atoms with Crippen LogP contribution >= 0.6 is 11.3 Å². The average molecular weight is 436 g/mol. The van der Waals surface area contributed by atoms with E-state index in [4.69, 9.17) is 4.74 Å². The van der Waals surface area contributed by atoms with Gasteiger partial charge in [0.1, 0.15) is 17.3 Å². The lowest BCUT2D eigenvalue weighted by atomic mass is 9.95. The Morgan fingerprint density at radius 2 is 1.84 bits per heavy atom. The smallest absolute Gasteiger partial charge is 0.301 e. The van der Waals surface area contributed by atoms with Crippen molar-refractivity contribution in [3.05, 3.63) is 75.8 Å². The predicted octanol–water partition coefficient (Wildman–Crippen LogP) is 4.10. The SMILES string of the molecule is COc1ccc(C(O)=C2C(=O)C(=O)N(c3nc(C)c(C)s3)[C@H]2c2cccc(O)c2)cc1. The molecule has 0 bridgehead atoms. The highest BCUT2D eigenvalue weighted by Gasteiger charge is 2.48. The number of hydrogen-bond acceptors (Lipinski definition) is 7. The molecule has 1 aliphatic rings. The van der Waals surface area contributed by atoms with E-state index >= 15 is 0 Å². The summed E-state index contributed by atoms with van der Waals surface area (Å²) >= 11 is 1.29. The van der Waals surface area contributed by atoms with Gasteiger partial charge >= 0.3 is 5.91 Å². The third kappa shape index (κ3) is 3.55. The minimum absolute atomic E-state index is 0.0148. The van der Waals surface area contributed by atoms with Crippen LogP contribution in [0.5, 0.6) is 11.5 Å². The lowest BCUT2D eigenvalue weighted by Crippen LogP contribution is -2.29. The van der Waals surface area contributed by atoms with E-state index in [1.807, 2.05) is 13.8 Å². The number of methoxy groups -OCH3 is 1. The van der Waals surface area contributed by atoms with Gasteiger partial charge in [-0.3, -0.25) is 14.5 Å². The van der Waals surface area contributed by atoms with E-state index in [1.165, 1.54) is 35.5 Å². The monoisotopic (exact) mass is 436 g/mol. The molecule has 31 heavy (non-hydrogen) atoms. The van der Waals surface area contributed by atoms with Crippen LogP contribution in [0.2, 0.25) is 0 Å². The van der Waals surface area contributed by atoms with Crippen LogP contribution < -0.4 is 9.64 Å². The van der Waals surface area contributed by atoms with Crippen LogP contribution in [0.25, 0.3) is 5.76 Å². The normalized spacial score (nSPS) is 17.9. The Balaban J connectivity index is 1.93. The summed E-state index contributed by atoms with van der Waals surface area (Å²) in [5, 5.41) is 21.4. The standard InChI is InChI=1S/C23H20N2O5S/c1-12-13(2)31-23(24-12)25-19(15-5-4-6-16(26)11-15)18(21(28)22(25)29)20(27)14-7-9-17(30-3)10-8-14/h4-11,19,26-27H,1-3H3/t19-/m0/s1. The number of aromatic hydroxyl groups is 1. The molecular formula is C23H20N2O5S. The van der Waals surface area contributed by atoms with Crippen LogP contribution in [0.4, 0.5) is 5.13 Å². The Kier molecular flexibility index (Phi) is 5.24. The minimum atomic E-state index is -0.931. The molecule has 0 aliphatic carbocycles. The second-order valence-electron chi connectivity index (χ2n) is 7.13. The molecule has 3 aromatic rings. The number of carbonyl (C=O) groups excluding carboxylic acids is 2. The number of phenolic OH excluding ortho intramolecular Hbond substituents is 1. The van der Waals surface area contributed by atoms with Crippen LogP contribution in [-0.4, -0.2) is 34.0 Å². The van der Waals surface area contributed by atoms with Crippen LogP contribution in [0.15, 0.2) is 54.1 Å². The number of amides is 1. The Hall–Kier alpha value is -3.65. The molecule has 0 unspecified atom stereocenters. The maximum absolute atomic E-state index is 13.1. The molecule has 0 saturated carbocycles. The Morgan fingerprint density at radius 1 is 1.13 bits per heavy atom. The van der Waals surface area contributed by atoms with Crippen molar-refractivity contribution in [2.24, 2.45) is 0 Å². The molecule has 158 valence electrons. The number of ketones is 1. The van der Waals surface area contributed by atoms with Crippen molar-refractivity contribution < 1.29 is 24.5 Å². The molecule has 4 rings (SSSR count). The van der Waals surface area contributed by atoms with Crippen LogP contribution in [0, 0.1) is 13.8 Å². The second-order valence-corrected chi connectivity index (χ2v) is 8.31. The molecule has 2 N–H and O–H groups in total. The molecule has 8 heteroatoms. The van der Waals surface area contributed by atoms with Gasteiger partial charge in [0.05, 0.1) is 24.4 Å². The summed E-state index contributed by atoms with van der Waals surface area (Å²) < 4.78 is 5.14. The van der Waals surface area contributed by atoms with Gasteiger partial charge in [0, 0.05) is 10.4 Å². The molecule has 1 aliphatic heterocycles. The van der Waals surface area contributed by atoms with Gasteiger partial charge < -0.3 is 14.9 Å². The fourth-order valence-corrected chi connectivity index (χ4v) is 4.44. The van der Waals surface area contributed by atoms with Gasteiger partial charge in [-0.2, -0.15) is 0 Å². The summed E-state index contributed by atoms with van der Waals surface area (Å²) in [6.07, 6.45) is 0. The largest absolute Gasteiger partial charge is 0.508 e. The zero-order valence-electron chi connectivity index (χ0n) is 17.1. The minimum Gasteiger partial charge on any atom is -0.508 e. The molecule has 1 atom stereocenters. The highest BCUT2D eigenvalue weighted by Crippen LogP contribution is 2.44. The number of phenols is 1. The number of ether oxygens (including phenoxy) is 1. The number of aliphatic hydroxyl groups excluding tert-OH is 1. The van der Waals surface area contributed by atoms with Crippen molar-refractivity contribution in [1.82, 2.24) is 4.98 Å². The van der Waals surface area contributed by atoms with E-state index in [0.717, 1.165) is 10.6 Å². The number of anilines is 1. The molecule has 0 spiro atoms. The van der Waals surface area contributed by atoms with E-state index in [0.29, 0.717) is 22.0 Å². The number of rotatable bonds is 4. The first-order valence-corrected chi connectivity index (χ1v) is 10.3. The number of aryl methyl sites for hydroxylation is 2. The van der Waals surface area contributed by atoms with E-state index in [9.17, 15) is 19.8 Å². The summed E-state index contributed by atoms with van der Waals surface area (Å²) in [7, 11) is 1.53. The Bertz CT molecular complexity index is 1190. The van der Waals surface area contributed by atoms with Gasteiger partial charge in [0.15, 0.2) is 5.13 Å². The van der Waals surface area contributed by atoms with E-state index in [-0.39, 0.29) is 17.1 Å². The number of nitrogens with zero attached hydrogens (tertiary/aromatic N) is 2. The molecule has 1 amide bonds. The zero-order valence-corrected chi connectivity index (χ0v) is 17.9. The quantitative estimate of drug-likeness (QED) is 0.363. The maximum atomic E-state index is 13.1. The molecule has 2 heterocycles. The first kappa shape index (κ1) is 20.6. The average Bonchev–Trinajstić information content (AvgIpc) is 3.23. The summed E-state index contributed by atoms with van der Waals surface area (Å²) in [5.74, 6) is -1.32. The highest BCUT2D eigenvalue weighted by atomic mass is 32.1. The van der Waals surface area contributed by atoms with E-state index in [2.05, 4.69) is 4.98 Å². The molecule has 1 aromatic heterocycles. The fourth-order valence-electron chi connectivity index (χ4n) is 3.50. The number of aliphatic hydroxyl groups is 1.